The molecular formula is C12H11N5OS2. The molecule has 0 spiro atoms. The third-order valence-corrected chi connectivity index (χ3v) is 4.44. The minimum Gasteiger partial charge on any atom is -0.285 e. The van der Waals surface area contributed by atoms with Gasteiger partial charge in [-0.15, -0.1) is 26.6 Å². The van der Waals surface area contributed by atoms with E-state index in [-0.39, 0.29) is 5.91 Å². The van der Waals surface area contributed by atoms with Crippen LogP contribution >= 0.6 is 23.1 Å². The first-order valence-corrected chi connectivity index (χ1v) is 7.66. The van der Waals surface area contributed by atoms with Crippen LogP contribution < -0.4 is 0 Å². The van der Waals surface area contributed by atoms with Crippen LogP contribution in [0.25, 0.3) is 6.08 Å². The average Bonchev–Trinajstić information content (AvgIpc) is 3.15. The standard InChI is InChI=1S/C12H11N5OS2/c1-2-17-11(18)10(6-9-4-3-5-19-9)20-12(17)15-16-7-13-14-8-16/h3-8H,2H2,1H3. The first-order valence-electron chi connectivity index (χ1n) is 5.96. The van der Waals surface area contributed by atoms with Crippen LogP contribution in [0.5, 0.6) is 0 Å². The van der Waals surface area contributed by atoms with Gasteiger partial charge in [-0.2, -0.15) is 0 Å². The van der Waals surface area contributed by atoms with Gasteiger partial charge < -0.3 is 0 Å². The number of carbonyl (C=O) groups is 1. The van der Waals surface area contributed by atoms with E-state index in [0.717, 1.165) is 4.88 Å². The zero-order valence-electron chi connectivity index (χ0n) is 10.6. The van der Waals surface area contributed by atoms with Crippen molar-refractivity contribution in [1.29, 1.82) is 0 Å². The number of thiophene rings is 1. The zero-order valence-corrected chi connectivity index (χ0v) is 12.3. The van der Waals surface area contributed by atoms with Crippen LogP contribution in [0.2, 0.25) is 0 Å². The lowest BCUT2D eigenvalue weighted by Gasteiger charge is -2.11. The fraction of sp³-hybridized carbons (Fsp3) is 0.167. The summed E-state index contributed by atoms with van der Waals surface area (Å²) in [6.45, 7) is 2.50. The smallest absolute Gasteiger partial charge is 0.266 e. The van der Waals surface area contributed by atoms with Crippen LogP contribution in [0.1, 0.15) is 11.8 Å². The number of amidine groups is 1. The van der Waals surface area contributed by atoms with Gasteiger partial charge in [-0.05, 0) is 36.2 Å². The van der Waals surface area contributed by atoms with Crippen molar-refractivity contribution in [3.05, 3.63) is 39.9 Å². The highest BCUT2D eigenvalue weighted by molar-refractivity contribution is 8.18. The molecule has 1 amide bonds. The summed E-state index contributed by atoms with van der Waals surface area (Å²) < 4.78 is 1.49. The lowest BCUT2D eigenvalue weighted by atomic mass is 10.4. The molecule has 3 heterocycles. The normalized spacial score (nSPS) is 19.4. The van der Waals surface area contributed by atoms with E-state index < -0.39 is 0 Å². The van der Waals surface area contributed by atoms with Gasteiger partial charge in [0.2, 0.25) is 0 Å². The van der Waals surface area contributed by atoms with E-state index >= 15 is 0 Å². The van der Waals surface area contributed by atoms with Crippen molar-refractivity contribution in [1.82, 2.24) is 19.8 Å². The second kappa shape index (κ2) is 5.59. The molecule has 1 aliphatic heterocycles. The molecule has 0 aliphatic carbocycles. The number of nitrogens with zero attached hydrogens (tertiary/aromatic N) is 5. The minimum absolute atomic E-state index is 0.0160. The van der Waals surface area contributed by atoms with E-state index in [1.165, 1.54) is 29.1 Å². The van der Waals surface area contributed by atoms with E-state index in [2.05, 4.69) is 15.3 Å². The largest absolute Gasteiger partial charge is 0.285 e. The summed E-state index contributed by atoms with van der Waals surface area (Å²) in [5, 5.41) is 14.4. The van der Waals surface area contributed by atoms with E-state index in [4.69, 9.17) is 0 Å². The van der Waals surface area contributed by atoms with Gasteiger partial charge in [-0.25, -0.2) is 4.68 Å². The fourth-order valence-electron chi connectivity index (χ4n) is 1.71. The molecule has 6 nitrogen and oxygen atoms in total. The van der Waals surface area contributed by atoms with Crippen molar-refractivity contribution in [3.63, 3.8) is 0 Å². The molecule has 0 radical (unpaired) electrons. The van der Waals surface area contributed by atoms with Crippen LogP contribution in [0, 0.1) is 0 Å². The van der Waals surface area contributed by atoms with Crippen molar-refractivity contribution < 1.29 is 4.79 Å². The molecule has 1 aliphatic rings. The Bertz CT molecular complexity index is 660. The van der Waals surface area contributed by atoms with E-state index in [1.54, 1.807) is 16.2 Å². The fourth-order valence-corrected chi connectivity index (χ4v) is 3.48. The van der Waals surface area contributed by atoms with Gasteiger partial charge in [0.05, 0.1) is 4.91 Å². The predicted molar refractivity (Wildman–Crippen MR) is 80.1 cm³/mol. The summed E-state index contributed by atoms with van der Waals surface area (Å²) in [4.78, 5) is 15.7. The van der Waals surface area contributed by atoms with Gasteiger partial charge in [0.15, 0.2) is 5.17 Å². The molecule has 2 aromatic heterocycles. The minimum atomic E-state index is -0.0160. The van der Waals surface area contributed by atoms with Crippen LogP contribution in [0.3, 0.4) is 0 Å². The summed E-state index contributed by atoms with van der Waals surface area (Å²) >= 11 is 2.97. The van der Waals surface area contributed by atoms with Crippen LogP contribution in [0.15, 0.2) is 40.2 Å². The van der Waals surface area contributed by atoms with Gasteiger partial charge in [0, 0.05) is 11.4 Å². The summed E-state index contributed by atoms with van der Waals surface area (Å²) in [6.07, 6.45) is 4.88. The molecule has 102 valence electrons. The highest BCUT2D eigenvalue weighted by Gasteiger charge is 2.32. The summed E-state index contributed by atoms with van der Waals surface area (Å²) in [5.41, 5.74) is 0. The molecule has 1 fully saturated rings. The molecule has 20 heavy (non-hydrogen) atoms. The second-order valence-electron chi connectivity index (χ2n) is 3.90. The Morgan fingerprint density at radius 1 is 1.40 bits per heavy atom. The summed E-state index contributed by atoms with van der Waals surface area (Å²) in [5.74, 6) is -0.0160. The summed E-state index contributed by atoms with van der Waals surface area (Å²) in [7, 11) is 0. The monoisotopic (exact) mass is 305 g/mol. The molecule has 0 atom stereocenters. The van der Waals surface area contributed by atoms with Crippen molar-refractivity contribution in [3.8, 4) is 0 Å². The molecule has 8 heteroatoms. The highest BCUT2D eigenvalue weighted by atomic mass is 32.2. The third-order valence-electron chi connectivity index (χ3n) is 2.63. The number of amides is 1. The van der Waals surface area contributed by atoms with E-state index in [1.807, 2.05) is 30.5 Å². The Balaban J connectivity index is 1.92. The maximum absolute atomic E-state index is 12.3. The molecular weight excluding hydrogens is 294 g/mol. The van der Waals surface area contributed by atoms with Crippen LogP contribution in [0.4, 0.5) is 0 Å². The van der Waals surface area contributed by atoms with Gasteiger partial charge in [0.25, 0.3) is 5.91 Å². The Hall–Kier alpha value is -1.93. The molecule has 0 aromatic carbocycles. The van der Waals surface area contributed by atoms with Crippen LogP contribution in [-0.4, -0.2) is 37.4 Å². The molecule has 0 unspecified atom stereocenters. The van der Waals surface area contributed by atoms with Crippen molar-refractivity contribution in [2.75, 3.05) is 6.54 Å². The zero-order chi connectivity index (χ0) is 13.9. The average molecular weight is 305 g/mol. The number of aromatic nitrogens is 3. The number of hydrogen-bond acceptors (Lipinski definition) is 6. The van der Waals surface area contributed by atoms with E-state index in [0.29, 0.717) is 16.6 Å². The number of thioether (sulfide) groups is 1. The number of rotatable bonds is 3. The maximum Gasteiger partial charge on any atom is 0.266 e. The highest BCUT2D eigenvalue weighted by Crippen LogP contribution is 2.33. The molecule has 3 rings (SSSR count). The van der Waals surface area contributed by atoms with Gasteiger partial charge >= 0.3 is 0 Å². The quantitative estimate of drug-likeness (QED) is 0.815. The first-order chi connectivity index (χ1) is 9.78. The molecule has 0 N–H and O–H groups in total. The molecule has 0 bridgehead atoms. The van der Waals surface area contributed by atoms with Crippen molar-refractivity contribution >= 4 is 40.2 Å². The summed E-state index contributed by atoms with van der Waals surface area (Å²) in [6, 6.07) is 3.95. The topological polar surface area (TPSA) is 63.4 Å². The first kappa shape index (κ1) is 13.1. The number of likely N-dealkylation sites (N-methyl/N-ethyl adjacent to an activating group) is 1. The maximum atomic E-state index is 12.3. The lowest BCUT2D eigenvalue weighted by molar-refractivity contribution is -0.122. The molecule has 1 saturated heterocycles. The SMILES string of the molecule is CCN1C(=O)C(=Cc2cccs2)SC1=Nn1cnnc1. The number of carbonyl (C=O) groups excluding carboxylic acids is 1. The molecule has 0 saturated carbocycles. The predicted octanol–water partition coefficient (Wildman–Crippen LogP) is 2.10. The van der Waals surface area contributed by atoms with Crippen molar-refractivity contribution in [2.24, 2.45) is 5.10 Å². The van der Waals surface area contributed by atoms with Crippen LogP contribution in [-0.2, 0) is 4.79 Å². The second-order valence-corrected chi connectivity index (χ2v) is 5.89. The Labute approximate surface area is 123 Å². The van der Waals surface area contributed by atoms with Gasteiger partial charge in [0.1, 0.15) is 12.7 Å². The van der Waals surface area contributed by atoms with E-state index in [9.17, 15) is 4.79 Å². The third kappa shape index (κ3) is 2.52. The van der Waals surface area contributed by atoms with Gasteiger partial charge in [-0.3, -0.25) is 9.69 Å². The molecule has 2 aromatic rings. The van der Waals surface area contributed by atoms with Gasteiger partial charge in [-0.1, -0.05) is 6.07 Å². The lowest BCUT2D eigenvalue weighted by Crippen LogP contribution is -2.29. The van der Waals surface area contributed by atoms with Crippen molar-refractivity contribution in [2.45, 2.75) is 6.92 Å². The number of hydrogen-bond donors (Lipinski definition) is 0. The Kier molecular flexibility index (Phi) is 3.66. The Morgan fingerprint density at radius 3 is 2.85 bits per heavy atom. The Morgan fingerprint density at radius 2 is 2.20 bits per heavy atom.